The van der Waals surface area contributed by atoms with E-state index in [9.17, 15) is 9.59 Å². The van der Waals surface area contributed by atoms with E-state index in [1.165, 1.54) is 24.3 Å². The summed E-state index contributed by atoms with van der Waals surface area (Å²) in [6.07, 6.45) is 0. The summed E-state index contributed by atoms with van der Waals surface area (Å²) >= 11 is 5.04. The smallest absolute Gasteiger partial charge is 0.335 e. The third kappa shape index (κ3) is 4.63. The summed E-state index contributed by atoms with van der Waals surface area (Å²) in [6, 6.07) is 7.89. The Morgan fingerprint density at radius 2 is 1.87 bits per heavy atom. The van der Waals surface area contributed by atoms with Gasteiger partial charge in [-0.2, -0.15) is 0 Å². The molecule has 1 N–H and O–H groups in total. The molecule has 0 bridgehead atoms. The second kappa shape index (κ2) is 8.24. The fraction of sp³-hybridized carbons (Fsp3) is 0.250. The van der Waals surface area contributed by atoms with E-state index < -0.39 is 5.97 Å². The summed E-state index contributed by atoms with van der Waals surface area (Å²) in [5.41, 5.74) is 0.616. The van der Waals surface area contributed by atoms with E-state index in [4.69, 9.17) is 9.84 Å². The monoisotopic (exact) mass is 397 g/mol. The van der Waals surface area contributed by atoms with Gasteiger partial charge in [-0.25, -0.2) is 4.79 Å². The molecule has 122 valence electrons. The number of amides is 1. The zero-order valence-electron chi connectivity index (χ0n) is 12.5. The molecular weight excluding hydrogens is 382 g/mol. The van der Waals surface area contributed by atoms with Gasteiger partial charge in [-0.05, 0) is 51.6 Å². The Kier molecular flexibility index (Phi) is 6.32. The molecule has 0 atom stereocenters. The first-order valence-corrected chi connectivity index (χ1v) is 8.53. The third-order valence-electron chi connectivity index (χ3n) is 3.26. The van der Waals surface area contributed by atoms with Gasteiger partial charge in [0, 0.05) is 28.6 Å². The van der Waals surface area contributed by atoms with Gasteiger partial charge in [0.25, 0.3) is 5.91 Å². The molecule has 0 aliphatic rings. The van der Waals surface area contributed by atoms with E-state index in [1.54, 1.807) is 23.3 Å². The van der Waals surface area contributed by atoms with Crippen molar-refractivity contribution in [3.05, 3.63) is 56.2 Å². The summed E-state index contributed by atoms with van der Waals surface area (Å²) in [7, 11) is 1.59. The molecule has 23 heavy (non-hydrogen) atoms. The summed E-state index contributed by atoms with van der Waals surface area (Å²) in [5, 5.41) is 10.9. The Balaban J connectivity index is 2.18. The number of halogens is 1. The van der Waals surface area contributed by atoms with Crippen LogP contribution in [0, 0.1) is 0 Å². The van der Waals surface area contributed by atoms with Crippen LogP contribution in [0.3, 0.4) is 0 Å². The molecule has 0 aliphatic heterocycles. The first kappa shape index (κ1) is 17.7. The number of aromatic carboxylic acids is 1. The van der Waals surface area contributed by atoms with E-state index >= 15 is 0 Å². The van der Waals surface area contributed by atoms with Crippen molar-refractivity contribution in [3.63, 3.8) is 0 Å². The van der Waals surface area contributed by atoms with Crippen molar-refractivity contribution >= 4 is 39.1 Å². The number of nitrogens with zero attached hydrogens (tertiary/aromatic N) is 1. The van der Waals surface area contributed by atoms with E-state index in [0.29, 0.717) is 25.3 Å². The zero-order chi connectivity index (χ0) is 16.8. The molecule has 7 heteroatoms. The molecule has 1 heterocycles. The first-order valence-electron chi connectivity index (χ1n) is 6.86. The van der Waals surface area contributed by atoms with E-state index in [-0.39, 0.29) is 11.5 Å². The summed E-state index contributed by atoms with van der Waals surface area (Å²) in [6.45, 7) is 1.36. The lowest BCUT2D eigenvalue weighted by Crippen LogP contribution is -2.33. The number of carboxylic acid groups (broad SMARTS) is 1. The summed E-state index contributed by atoms with van der Waals surface area (Å²) < 4.78 is 6.05. The minimum Gasteiger partial charge on any atom is -0.478 e. The first-order chi connectivity index (χ1) is 11.0. The molecule has 0 unspecified atom stereocenters. The van der Waals surface area contributed by atoms with Crippen LogP contribution in [0.2, 0.25) is 0 Å². The number of rotatable bonds is 7. The van der Waals surface area contributed by atoms with Gasteiger partial charge in [0.05, 0.1) is 18.7 Å². The Morgan fingerprint density at radius 3 is 2.39 bits per heavy atom. The number of carboxylic acids is 1. The maximum Gasteiger partial charge on any atom is 0.335 e. The Morgan fingerprint density at radius 1 is 1.22 bits per heavy atom. The van der Waals surface area contributed by atoms with Crippen molar-refractivity contribution in [3.8, 4) is 0 Å². The SMILES string of the molecule is COCCN(Cc1sccc1Br)C(=O)c1ccc(C(=O)O)cc1. The van der Waals surface area contributed by atoms with Gasteiger partial charge < -0.3 is 14.7 Å². The van der Waals surface area contributed by atoms with Crippen molar-refractivity contribution < 1.29 is 19.4 Å². The topological polar surface area (TPSA) is 66.8 Å². The number of carbonyl (C=O) groups excluding carboxylic acids is 1. The minimum absolute atomic E-state index is 0.153. The number of methoxy groups -OCH3 is 1. The average Bonchev–Trinajstić information content (AvgIpc) is 2.95. The number of thiophene rings is 1. The molecule has 2 aromatic rings. The lowest BCUT2D eigenvalue weighted by molar-refractivity contribution is 0.0675. The van der Waals surface area contributed by atoms with Crippen LogP contribution in [0.25, 0.3) is 0 Å². The minimum atomic E-state index is -1.01. The highest BCUT2D eigenvalue weighted by Crippen LogP contribution is 2.24. The van der Waals surface area contributed by atoms with Crippen LogP contribution in [0.1, 0.15) is 25.6 Å². The molecule has 1 aromatic carbocycles. The molecule has 0 saturated carbocycles. The number of hydrogen-bond donors (Lipinski definition) is 1. The number of carbonyl (C=O) groups is 2. The quantitative estimate of drug-likeness (QED) is 0.776. The fourth-order valence-electron chi connectivity index (χ4n) is 2.00. The van der Waals surface area contributed by atoms with Crippen LogP contribution in [0.15, 0.2) is 40.2 Å². The summed E-state index contributed by atoms with van der Waals surface area (Å²) in [4.78, 5) is 26.3. The van der Waals surface area contributed by atoms with Crippen LogP contribution in [0.4, 0.5) is 0 Å². The zero-order valence-corrected chi connectivity index (χ0v) is 14.9. The standard InChI is InChI=1S/C16H16BrNO4S/c1-22-8-7-18(10-14-13(17)6-9-23-14)15(19)11-2-4-12(5-3-11)16(20)21/h2-6,9H,7-8,10H2,1H3,(H,20,21). The predicted molar refractivity (Wildman–Crippen MR) is 92.0 cm³/mol. The van der Waals surface area contributed by atoms with Gasteiger partial charge in [-0.15, -0.1) is 11.3 Å². The molecule has 1 aromatic heterocycles. The van der Waals surface area contributed by atoms with Gasteiger partial charge >= 0.3 is 5.97 Å². The fourth-order valence-corrected chi connectivity index (χ4v) is 3.50. The normalized spacial score (nSPS) is 10.5. The number of ether oxygens (including phenoxy) is 1. The van der Waals surface area contributed by atoms with E-state index in [1.807, 2.05) is 11.4 Å². The third-order valence-corrected chi connectivity index (χ3v) is 5.17. The molecule has 5 nitrogen and oxygen atoms in total. The lowest BCUT2D eigenvalue weighted by Gasteiger charge is -2.22. The predicted octanol–water partition coefficient (Wildman–Crippen LogP) is 3.50. The van der Waals surface area contributed by atoms with Crippen LogP contribution in [-0.2, 0) is 11.3 Å². The van der Waals surface area contributed by atoms with Crippen LogP contribution >= 0.6 is 27.3 Å². The van der Waals surface area contributed by atoms with Gasteiger partial charge in [-0.1, -0.05) is 0 Å². The van der Waals surface area contributed by atoms with Crippen LogP contribution < -0.4 is 0 Å². The highest BCUT2D eigenvalue weighted by atomic mass is 79.9. The van der Waals surface area contributed by atoms with Crippen molar-refractivity contribution in [1.29, 1.82) is 0 Å². The van der Waals surface area contributed by atoms with Gasteiger partial charge in [0.2, 0.25) is 0 Å². The van der Waals surface area contributed by atoms with Crippen molar-refractivity contribution in [2.75, 3.05) is 20.3 Å². The van der Waals surface area contributed by atoms with Crippen LogP contribution in [0.5, 0.6) is 0 Å². The maximum atomic E-state index is 12.7. The van der Waals surface area contributed by atoms with Crippen LogP contribution in [-0.4, -0.2) is 42.1 Å². The summed E-state index contributed by atoms with van der Waals surface area (Å²) in [5.74, 6) is -1.16. The van der Waals surface area contributed by atoms with Crippen molar-refractivity contribution in [2.45, 2.75) is 6.54 Å². The van der Waals surface area contributed by atoms with E-state index in [2.05, 4.69) is 15.9 Å². The largest absolute Gasteiger partial charge is 0.478 e. The highest BCUT2D eigenvalue weighted by Gasteiger charge is 2.18. The maximum absolute atomic E-state index is 12.7. The molecular formula is C16H16BrNO4S. The molecule has 0 fully saturated rings. The number of benzene rings is 1. The van der Waals surface area contributed by atoms with Crippen molar-refractivity contribution in [1.82, 2.24) is 4.90 Å². The van der Waals surface area contributed by atoms with E-state index in [0.717, 1.165) is 9.35 Å². The lowest BCUT2D eigenvalue weighted by atomic mass is 10.1. The van der Waals surface area contributed by atoms with Gasteiger partial charge in [-0.3, -0.25) is 4.79 Å². The van der Waals surface area contributed by atoms with Gasteiger partial charge in [0.15, 0.2) is 0 Å². The average molecular weight is 398 g/mol. The molecule has 1 amide bonds. The van der Waals surface area contributed by atoms with Gasteiger partial charge in [0.1, 0.15) is 0 Å². The molecule has 0 radical (unpaired) electrons. The molecule has 2 rings (SSSR count). The van der Waals surface area contributed by atoms with Crippen molar-refractivity contribution in [2.24, 2.45) is 0 Å². The number of hydrogen-bond acceptors (Lipinski definition) is 4. The Hall–Kier alpha value is -1.70. The molecule has 0 saturated heterocycles. The Bertz CT molecular complexity index is 684. The Labute approximate surface area is 146 Å². The molecule has 0 aliphatic carbocycles. The second-order valence-electron chi connectivity index (χ2n) is 4.79. The molecule has 0 spiro atoms. The highest BCUT2D eigenvalue weighted by molar-refractivity contribution is 9.10. The second-order valence-corrected chi connectivity index (χ2v) is 6.65.